The fraction of sp³-hybridized carbons (Fsp3) is 0.906. The second kappa shape index (κ2) is 50.8. The molecule has 0 radical (unpaired) electrons. The van der Waals surface area contributed by atoms with Gasteiger partial charge in [-0.1, -0.05) is 27.7 Å². The summed E-state index contributed by atoms with van der Waals surface area (Å²) < 4.78 is 130. The molecule has 0 aromatic heterocycles. The van der Waals surface area contributed by atoms with E-state index < -0.39 is 203 Å². The Morgan fingerprint density at radius 2 is 1.03 bits per heavy atom. The molecule has 17 atom stereocenters. The molecule has 5 saturated heterocycles. The number of carbonyl (C=O) groups is 6. The first-order valence-electron chi connectivity index (χ1n) is 39.2. The van der Waals surface area contributed by atoms with Crippen molar-refractivity contribution in [2.45, 2.75) is 192 Å². The minimum Gasteiger partial charge on any atom is -0.465 e. The summed E-state index contributed by atoms with van der Waals surface area (Å²) in [4.78, 5) is 102. The summed E-state index contributed by atoms with van der Waals surface area (Å²) >= 11 is 0. The van der Waals surface area contributed by atoms with E-state index in [2.05, 4.69) is 29.8 Å². The van der Waals surface area contributed by atoms with Gasteiger partial charge in [-0.05, 0) is 152 Å². The molecule has 45 heteroatoms. The van der Waals surface area contributed by atoms with Crippen LogP contribution in [0.5, 0.6) is 0 Å². The summed E-state index contributed by atoms with van der Waals surface area (Å²) in [6.45, 7) is 15.4. The average molecular weight is 1790 g/mol. The van der Waals surface area contributed by atoms with E-state index in [9.17, 15) is 14.4 Å². The van der Waals surface area contributed by atoms with Gasteiger partial charge in [-0.25, -0.2) is 0 Å². The topological polar surface area (TPSA) is 353 Å². The highest BCUT2D eigenvalue weighted by atomic mass is 28.4. The Morgan fingerprint density at radius 3 is 1.50 bits per heavy atom. The van der Waals surface area contributed by atoms with Gasteiger partial charge in [0.2, 0.25) is 17.7 Å². The molecule has 17 unspecified atom stereocenters. The maximum absolute atomic E-state index is 16.0. The van der Waals surface area contributed by atoms with Crippen LogP contribution >= 0.6 is 0 Å². The van der Waals surface area contributed by atoms with Gasteiger partial charge >= 0.3 is 44.1 Å². The zero-order valence-electron chi connectivity index (χ0n) is 68.8. The maximum Gasteiger partial charge on any atom is 0.489 e. The van der Waals surface area contributed by atoms with Crippen LogP contribution in [-0.2, 0) is 123 Å². The second-order valence-electron chi connectivity index (χ2n) is 31.4. The maximum atomic E-state index is 16.0. The number of nitrogens with one attached hydrogen (secondary N) is 3. The van der Waals surface area contributed by atoms with Gasteiger partial charge in [0.1, 0.15) is 98.3 Å². The van der Waals surface area contributed by atoms with Crippen LogP contribution in [0.2, 0.25) is 85.6 Å². The molecule has 0 saturated carbocycles. The van der Waals surface area contributed by atoms with E-state index in [-0.39, 0.29) is 129 Å². The van der Waals surface area contributed by atoms with Crippen LogP contribution in [0.4, 0.5) is 0 Å². The van der Waals surface area contributed by atoms with E-state index in [1.54, 1.807) is 77.5 Å². The number of fused-ring (bicyclic) bond motifs is 5. The third-order valence-corrected chi connectivity index (χ3v) is 67.4. The number of rotatable bonds is 39. The quantitative estimate of drug-likeness (QED) is 0.0168. The van der Waals surface area contributed by atoms with Crippen molar-refractivity contribution in [1.82, 2.24) is 16.0 Å². The van der Waals surface area contributed by atoms with E-state index in [1.165, 1.54) is 14.2 Å². The molecular weight excluding hydrogens is 1650 g/mol. The lowest BCUT2D eigenvalue weighted by Gasteiger charge is -2.40. The van der Waals surface area contributed by atoms with Crippen molar-refractivity contribution < 1.29 is 127 Å². The Labute approximate surface area is 677 Å². The van der Waals surface area contributed by atoms with Crippen LogP contribution in [0.25, 0.3) is 0 Å². The van der Waals surface area contributed by atoms with E-state index in [1.807, 2.05) is 13.5 Å². The lowest BCUT2D eigenvalue weighted by atomic mass is 9.66. The molecule has 0 spiro atoms. The number of amides is 3. The number of methoxy groups -OCH3 is 3. The standard InChI is InChI=1S/C64H139N3O28Si14/c1-18-62(5,59(71)87-22-19-31-107(17,78-11)79-12)35-45(57(69)66-40-85-29-26-76-9)37-64(7)38-46(58(70)67-41-86-30-27-77-10)36-63(6,34-42(2)56(68)65-39-84-28-25-75-8)60(72)88-23-20-32-108(80-13,81-14)94-97-44(4)48-50(101-91-99-48)51-52(103-92-102-51)53-54(105-93-104-53)55(49-47(43(3)96-74)98-90-100-49)106-95-109(82-15,83-16)33-21-24-89-61(64)73/h42-55,74H,18-41,96-106H2,1-17H3,(H,65,68)(H,66,69)(H,67,70). The van der Waals surface area contributed by atoms with Crippen molar-refractivity contribution in [3.8, 4) is 0 Å². The Morgan fingerprint density at radius 1 is 0.596 bits per heavy atom. The van der Waals surface area contributed by atoms with Crippen molar-refractivity contribution in [3.05, 3.63) is 0 Å². The molecule has 0 aliphatic carbocycles. The van der Waals surface area contributed by atoms with Gasteiger partial charge in [0.25, 0.3) is 0 Å². The Bertz CT molecular complexity index is 2690. The SMILES string of the molecule is CCC(C)(CC(CC1(C)CC(C(=O)NCOCCOC)CC(C)(CC(C)C(=O)NCOCCOC)C(=O)OCCC[Si](OC)(OC)O[SiH2]C(C)C2[SiH2]O[SiH2]C2C2[SiH2]O[SiH2]C2C2[SiH2]O[SiH2]C2C(C2[SiH2]O[SiH2]C2C(C)[SiH2]O)[SiH2]O[Si](OC)(OC)CCCOC1=O)C(=O)NCOCCOC)C(=O)OCCC[Si](C)(OC)OC. The normalized spacial score (nSPS) is 32.3. The highest BCUT2D eigenvalue weighted by Gasteiger charge is 2.56. The second-order valence-corrected chi connectivity index (χ2v) is 64.0. The fourth-order valence-electron chi connectivity index (χ4n) is 16.5. The Balaban J connectivity index is 1.69. The largest absolute Gasteiger partial charge is 0.489 e. The van der Waals surface area contributed by atoms with Crippen molar-refractivity contribution in [2.24, 2.45) is 34.0 Å². The first kappa shape index (κ1) is 98.7. The number of hydrogen-bond acceptors (Lipinski definition) is 28. The molecule has 0 bridgehead atoms. The number of hydrogen-bond donors (Lipinski definition) is 4. The molecule has 3 amide bonds. The third kappa shape index (κ3) is 30.1. The highest BCUT2D eigenvalue weighted by molar-refractivity contribution is 6.69. The zero-order valence-corrected chi connectivity index (χ0v) is 87.4. The average Bonchev–Trinajstić information content (AvgIpc) is 1.64. The van der Waals surface area contributed by atoms with Gasteiger partial charge in [-0.2, -0.15) is 0 Å². The first-order valence-corrected chi connectivity index (χ1v) is 61.0. The predicted molar refractivity (Wildman–Crippen MR) is 448 cm³/mol. The molecule has 634 valence electrons. The first-order chi connectivity index (χ1) is 52.2. The minimum absolute atomic E-state index is 0.0526. The van der Waals surface area contributed by atoms with Crippen LogP contribution < -0.4 is 16.0 Å². The molecular formula is C64H139N3O28Si14. The van der Waals surface area contributed by atoms with E-state index in [0.717, 1.165) is 0 Å². The molecule has 5 rings (SSSR count). The predicted octanol–water partition coefficient (Wildman–Crippen LogP) is -2.13. The highest BCUT2D eigenvalue weighted by Crippen LogP contribution is 2.63. The molecule has 4 N–H and O–H groups in total. The summed E-state index contributed by atoms with van der Waals surface area (Å²) in [6, 6.07) is 1.17. The summed E-state index contributed by atoms with van der Waals surface area (Å²) in [5.74, 6) is -6.90. The Kier molecular flexibility index (Phi) is 46.0. The van der Waals surface area contributed by atoms with Crippen molar-refractivity contribution in [1.29, 1.82) is 0 Å². The summed E-state index contributed by atoms with van der Waals surface area (Å²) in [5, 5.41) is 8.60. The van der Waals surface area contributed by atoms with Crippen molar-refractivity contribution in [2.75, 3.05) is 144 Å². The molecule has 5 heterocycles. The molecule has 5 aliphatic rings. The van der Waals surface area contributed by atoms with Crippen LogP contribution in [-0.4, -0.2) is 318 Å². The van der Waals surface area contributed by atoms with Gasteiger partial charge in [0.15, 0.2) is 29.3 Å². The smallest absolute Gasteiger partial charge is 0.465 e. The molecule has 0 aromatic carbocycles. The lowest BCUT2D eigenvalue weighted by molar-refractivity contribution is -0.161. The number of esters is 3. The van der Waals surface area contributed by atoms with Crippen molar-refractivity contribution in [3.63, 3.8) is 0 Å². The lowest BCUT2D eigenvalue weighted by Crippen LogP contribution is -2.47. The van der Waals surface area contributed by atoms with Gasteiger partial charge in [0, 0.05) is 93.8 Å². The number of cyclic esters (lactones) is 2. The summed E-state index contributed by atoms with van der Waals surface area (Å²) in [7, 11) is -6.27. The molecule has 5 fully saturated rings. The molecule has 31 nitrogen and oxygen atoms in total. The van der Waals surface area contributed by atoms with E-state index >= 15 is 19.2 Å². The van der Waals surface area contributed by atoms with Crippen LogP contribution in [0.3, 0.4) is 0 Å². The summed E-state index contributed by atoms with van der Waals surface area (Å²) in [5.41, 5.74) is -0.150. The minimum atomic E-state index is -3.51. The molecule has 109 heavy (non-hydrogen) atoms. The van der Waals surface area contributed by atoms with Gasteiger partial charge < -0.3 is 115 Å². The third-order valence-electron chi connectivity index (χ3n) is 23.9. The van der Waals surface area contributed by atoms with Crippen LogP contribution in [0, 0.1) is 34.0 Å². The number of carbonyl (C=O) groups excluding carboxylic acids is 6. The van der Waals surface area contributed by atoms with Gasteiger partial charge in [-0.3, -0.25) is 28.8 Å². The van der Waals surface area contributed by atoms with Crippen LogP contribution in [0.15, 0.2) is 0 Å². The van der Waals surface area contributed by atoms with Gasteiger partial charge in [-0.15, -0.1) is 0 Å². The Hall–Kier alpha value is -0.904. The van der Waals surface area contributed by atoms with E-state index in [4.69, 9.17) is 93.9 Å². The van der Waals surface area contributed by atoms with Gasteiger partial charge in [0.05, 0.1) is 75.7 Å². The monoisotopic (exact) mass is 1790 g/mol. The fourth-order valence-corrected chi connectivity index (χ4v) is 61.3. The van der Waals surface area contributed by atoms with Crippen LogP contribution in [0.1, 0.15) is 106 Å². The van der Waals surface area contributed by atoms with Crippen molar-refractivity contribution >= 4 is 169 Å². The zero-order chi connectivity index (χ0) is 80.3. The molecule has 5 aliphatic heterocycles. The molecule has 0 aromatic rings. The number of ether oxygens (including phenoxy) is 9. The summed E-state index contributed by atoms with van der Waals surface area (Å²) in [6.07, 6.45) is 0.0685. The van der Waals surface area contributed by atoms with E-state index in [0.29, 0.717) is 87.5 Å².